The molecule has 0 N–H and O–H groups in total. The van der Waals surface area contributed by atoms with Gasteiger partial charge in [-0.3, -0.25) is 9.78 Å². The molecule has 3 atom stereocenters. The van der Waals surface area contributed by atoms with Crippen molar-refractivity contribution in [3.05, 3.63) is 53.9 Å². The van der Waals surface area contributed by atoms with Gasteiger partial charge in [-0.15, -0.1) is 0 Å². The van der Waals surface area contributed by atoms with Gasteiger partial charge >= 0.3 is 6.16 Å². The van der Waals surface area contributed by atoms with Crippen LogP contribution in [0.3, 0.4) is 0 Å². The first kappa shape index (κ1) is 23.6. The average Bonchev–Trinajstić information content (AvgIpc) is 3.38. The Morgan fingerprint density at radius 2 is 1.83 bits per heavy atom. The second-order valence-corrected chi connectivity index (χ2v) is 9.86. The van der Waals surface area contributed by atoms with Gasteiger partial charge in [-0.25, -0.2) is 4.79 Å². The summed E-state index contributed by atoms with van der Waals surface area (Å²) in [5, 5.41) is 0. The van der Waals surface area contributed by atoms with Crippen LogP contribution in [0.4, 0.5) is 16.2 Å². The third kappa shape index (κ3) is 4.35. The average molecular weight is 479 g/mol. The minimum absolute atomic E-state index is 0.0468. The second kappa shape index (κ2) is 9.49. The fourth-order valence-electron chi connectivity index (χ4n) is 5.58. The van der Waals surface area contributed by atoms with Gasteiger partial charge in [0.2, 0.25) is 5.91 Å². The molecule has 0 radical (unpaired) electrons. The summed E-state index contributed by atoms with van der Waals surface area (Å²) in [5.41, 5.74) is 3.03. The van der Waals surface area contributed by atoms with E-state index in [1.165, 1.54) is 11.3 Å². The van der Waals surface area contributed by atoms with Crippen molar-refractivity contribution in [2.75, 3.05) is 49.6 Å². The Bertz CT molecular complexity index is 1080. The maximum absolute atomic E-state index is 13.4. The molecule has 2 aromatic rings. The number of nitrogens with zero attached hydrogens (tertiary/aromatic N) is 4. The molecule has 1 aromatic heterocycles. The van der Waals surface area contributed by atoms with Crippen LogP contribution in [0.5, 0.6) is 0 Å². The van der Waals surface area contributed by atoms with E-state index in [0.29, 0.717) is 18.7 Å². The SMILES string of the molecule is CC[C@@]1(c2ccc(N3CCC(Cc4ccccc4N4CCN(C)CC4)C3=O)cn2)OC(=O)O[C@H]1C. The van der Waals surface area contributed by atoms with Crippen LogP contribution in [0.1, 0.15) is 37.9 Å². The Hall–Kier alpha value is -3.13. The summed E-state index contributed by atoms with van der Waals surface area (Å²) >= 11 is 0. The lowest BCUT2D eigenvalue weighted by molar-refractivity contribution is -0.120. The number of hydrogen-bond donors (Lipinski definition) is 0. The summed E-state index contributed by atoms with van der Waals surface area (Å²) in [6.07, 6.45) is 2.75. The number of amides is 1. The molecule has 8 heteroatoms. The van der Waals surface area contributed by atoms with Crippen molar-refractivity contribution >= 4 is 23.4 Å². The predicted octanol–water partition coefficient (Wildman–Crippen LogP) is 3.59. The number of cyclic esters (lactones) is 2. The lowest BCUT2D eigenvalue weighted by Gasteiger charge is -2.35. The van der Waals surface area contributed by atoms with Crippen molar-refractivity contribution in [1.82, 2.24) is 9.88 Å². The number of aromatic nitrogens is 1. The zero-order valence-corrected chi connectivity index (χ0v) is 20.8. The van der Waals surface area contributed by atoms with Crippen molar-refractivity contribution in [1.29, 1.82) is 0 Å². The molecule has 1 amide bonds. The topological polar surface area (TPSA) is 75.2 Å². The van der Waals surface area contributed by atoms with Gasteiger partial charge in [0.15, 0.2) is 5.60 Å². The number of carbonyl (C=O) groups is 2. The molecule has 35 heavy (non-hydrogen) atoms. The second-order valence-electron chi connectivity index (χ2n) is 9.86. The number of ether oxygens (including phenoxy) is 2. The number of pyridine rings is 1. The van der Waals surface area contributed by atoms with E-state index in [1.807, 2.05) is 30.9 Å². The van der Waals surface area contributed by atoms with Crippen LogP contribution in [-0.4, -0.2) is 67.8 Å². The molecule has 186 valence electrons. The summed E-state index contributed by atoms with van der Waals surface area (Å²) in [6.45, 7) is 8.56. The predicted molar refractivity (Wildman–Crippen MR) is 134 cm³/mol. The smallest absolute Gasteiger partial charge is 0.427 e. The number of benzene rings is 1. The van der Waals surface area contributed by atoms with Crippen molar-refractivity contribution in [3.63, 3.8) is 0 Å². The highest BCUT2D eigenvalue weighted by molar-refractivity contribution is 5.97. The number of para-hydroxylation sites is 1. The molecule has 0 spiro atoms. The molecule has 1 unspecified atom stereocenters. The van der Waals surface area contributed by atoms with E-state index in [4.69, 9.17) is 9.47 Å². The maximum Gasteiger partial charge on any atom is 0.509 e. The van der Waals surface area contributed by atoms with Crippen LogP contribution in [0.2, 0.25) is 0 Å². The molecule has 3 saturated heterocycles. The Labute approximate surface area is 206 Å². The highest BCUT2D eigenvalue weighted by Crippen LogP contribution is 2.40. The van der Waals surface area contributed by atoms with E-state index >= 15 is 0 Å². The zero-order valence-electron chi connectivity index (χ0n) is 20.8. The highest BCUT2D eigenvalue weighted by atomic mass is 16.8. The van der Waals surface area contributed by atoms with E-state index < -0.39 is 17.9 Å². The van der Waals surface area contributed by atoms with Crippen LogP contribution in [0.15, 0.2) is 42.6 Å². The van der Waals surface area contributed by atoms with Gasteiger partial charge in [0.25, 0.3) is 0 Å². The van der Waals surface area contributed by atoms with E-state index in [-0.39, 0.29) is 11.8 Å². The van der Waals surface area contributed by atoms with Crippen LogP contribution >= 0.6 is 0 Å². The third-order valence-electron chi connectivity index (χ3n) is 7.83. The van der Waals surface area contributed by atoms with Gasteiger partial charge in [-0.05, 0) is 57.0 Å². The summed E-state index contributed by atoms with van der Waals surface area (Å²) in [5.74, 6) is 0.0939. The minimum atomic E-state index is -0.889. The van der Waals surface area contributed by atoms with Gasteiger partial charge in [-0.2, -0.15) is 0 Å². The standard InChI is InChI=1S/C27H34N4O4/c1-4-27(19(2)34-26(33)35-27)24-10-9-22(18-28-24)31-12-11-21(25(31)32)17-20-7-5-6-8-23(20)30-15-13-29(3)14-16-30/h5-10,18-19,21H,4,11-17H2,1-3H3/t19-,21?,27+/m0/s1. The van der Waals surface area contributed by atoms with E-state index in [2.05, 4.69) is 46.1 Å². The Morgan fingerprint density at radius 1 is 1.06 bits per heavy atom. The molecule has 0 saturated carbocycles. The molecule has 0 aliphatic carbocycles. The number of anilines is 2. The summed E-state index contributed by atoms with van der Waals surface area (Å²) in [4.78, 5) is 36.3. The molecule has 0 bridgehead atoms. The largest absolute Gasteiger partial charge is 0.509 e. The van der Waals surface area contributed by atoms with E-state index in [1.54, 1.807) is 6.20 Å². The van der Waals surface area contributed by atoms with Gasteiger partial charge in [0.05, 0.1) is 17.6 Å². The normalized spacial score (nSPS) is 27.3. The van der Waals surface area contributed by atoms with Crippen LogP contribution in [-0.2, 0) is 26.3 Å². The van der Waals surface area contributed by atoms with Gasteiger partial charge < -0.3 is 24.2 Å². The summed E-state index contributed by atoms with van der Waals surface area (Å²) in [6, 6.07) is 12.3. The Morgan fingerprint density at radius 3 is 2.49 bits per heavy atom. The van der Waals surface area contributed by atoms with Crippen molar-refractivity contribution in [2.24, 2.45) is 5.92 Å². The number of carbonyl (C=O) groups excluding carboxylic acids is 2. The van der Waals surface area contributed by atoms with Gasteiger partial charge in [-0.1, -0.05) is 25.1 Å². The van der Waals surface area contributed by atoms with Crippen LogP contribution < -0.4 is 9.80 Å². The van der Waals surface area contributed by atoms with Crippen molar-refractivity contribution in [2.45, 2.75) is 44.8 Å². The lowest BCUT2D eigenvalue weighted by Crippen LogP contribution is -2.44. The van der Waals surface area contributed by atoms with Gasteiger partial charge in [0.1, 0.15) is 6.10 Å². The molecular formula is C27H34N4O4. The molecule has 4 heterocycles. The lowest BCUT2D eigenvalue weighted by atomic mass is 9.90. The van der Waals surface area contributed by atoms with E-state index in [0.717, 1.165) is 44.7 Å². The first-order valence-electron chi connectivity index (χ1n) is 12.6. The number of piperazine rings is 1. The number of rotatable bonds is 6. The first-order chi connectivity index (χ1) is 16.9. The number of hydrogen-bond acceptors (Lipinski definition) is 7. The molecule has 3 fully saturated rings. The zero-order chi connectivity index (χ0) is 24.6. The van der Waals surface area contributed by atoms with E-state index in [9.17, 15) is 9.59 Å². The van der Waals surface area contributed by atoms with Crippen molar-refractivity contribution in [3.8, 4) is 0 Å². The Kier molecular flexibility index (Phi) is 6.40. The first-order valence-corrected chi connectivity index (χ1v) is 12.6. The molecule has 3 aliphatic heterocycles. The fourth-order valence-corrected chi connectivity index (χ4v) is 5.58. The van der Waals surface area contributed by atoms with Crippen LogP contribution in [0.25, 0.3) is 0 Å². The monoisotopic (exact) mass is 478 g/mol. The molecule has 1 aromatic carbocycles. The number of likely N-dealkylation sites (N-methyl/N-ethyl adjacent to an activating group) is 1. The van der Waals surface area contributed by atoms with Gasteiger partial charge in [0, 0.05) is 44.3 Å². The molecule has 8 nitrogen and oxygen atoms in total. The maximum atomic E-state index is 13.4. The summed E-state index contributed by atoms with van der Waals surface area (Å²) < 4.78 is 10.7. The molecule has 5 rings (SSSR count). The molecular weight excluding hydrogens is 444 g/mol. The van der Waals surface area contributed by atoms with Crippen LogP contribution in [0, 0.1) is 5.92 Å². The molecule has 3 aliphatic rings. The quantitative estimate of drug-likeness (QED) is 0.588. The summed E-state index contributed by atoms with van der Waals surface area (Å²) in [7, 11) is 2.16. The fraction of sp³-hybridized carbons (Fsp3) is 0.519. The Balaban J connectivity index is 1.29. The van der Waals surface area contributed by atoms with Crippen molar-refractivity contribution < 1.29 is 19.1 Å². The third-order valence-corrected chi connectivity index (χ3v) is 7.83. The minimum Gasteiger partial charge on any atom is -0.427 e. The highest BCUT2D eigenvalue weighted by Gasteiger charge is 2.50.